The van der Waals surface area contributed by atoms with Crippen LogP contribution in [0.4, 0.5) is 0 Å². The van der Waals surface area contributed by atoms with Gasteiger partial charge in [-0.15, -0.1) is 10.2 Å². The maximum atomic E-state index is 12.1. The number of methoxy groups -OCH3 is 2. The van der Waals surface area contributed by atoms with Gasteiger partial charge in [-0.1, -0.05) is 18.2 Å². The van der Waals surface area contributed by atoms with Crippen LogP contribution in [0.1, 0.15) is 16.1 Å². The van der Waals surface area contributed by atoms with Crippen molar-refractivity contribution in [3.05, 3.63) is 47.7 Å². The fraction of sp³-hybridized carbons (Fsp3) is 0.214. The maximum absolute atomic E-state index is 12.1. The van der Waals surface area contributed by atoms with Crippen LogP contribution in [-0.2, 0) is 6.42 Å². The number of carbonyl (C=O) groups excluding carboxylic acids is 1. The van der Waals surface area contributed by atoms with Crippen molar-refractivity contribution in [3.63, 3.8) is 0 Å². The fourth-order valence-electron chi connectivity index (χ4n) is 1.69. The molecule has 0 saturated carbocycles. The van der Waals surface area contributed by atoms with E-state index in [9.17, 15) is 4.79 Å². The van der Waals surface area contributed by atoms with Crippen LogP contribution in [0.15, 0.2) is 36.4 Å². The molecule has 1 aromatic carbocycles. The smallest absolute Gasteiger partial charge is 0.233 e. The lowest BCUT2D eigenvalue weighted by Gasteiger charge is -2.07. The van der Waals surface area contributed by atoms with E-state index in [1.807, 2.05) is 24.3 Å². The molecule has 0 spiro atoms. The topological polar surface area (TPSA) is 61.3 Å². The van der Waals surface area contributed by atoms with E-state index in [2.05, 4.69) is 10.2 Å². The molecule has 5 nitrogen and oxygen atoms in total. The summed E-state index contributed by atoms with van der Waals surface area (Å²) in [6.07, 6.45) is 0.227. The third kappa shape index (κ3) is 3.07. The highest BCUT2D eigenvalue weighted by Gasteiger charge is 2.12. The average Bonchev–Trinajstić information content (AvgIpc) is 2.48. The number of ether oxygens (including phenoxy) is 2. The van der Waals surface area contributed by atoms with E-state index in [4.69, 9.17) is 9.47 Å². The molecule has 1 aromatic heterocycles. The lowest BCUT2D eigenvalue weighted by Crippen LogP contribution is -2.08. The summed E-state index contributed by atoms with van der Waals surface area (Å²) in [5.74, 6) is 0.964. The zero-order valence-electron chi connectivity index (χ0n) is 10.8. The SMILES string of the molecule is COc1ccc(C(=O)Cc2ccccc2OC)nn1. The molecule has 0 atom stereocenters. The molecule has 98 valence electrons. The highest BCUT2D eigenvalue weighted by atomic mass is 16.5. The number of aromatic nitrogens is 2. The molecule has 0 amide bonds. The molecule has 2 aromatic rings. The van der Waals surface area contributed by atoms with Crippen LogP contribution < -0.4 is 9.47 Å². The minimum Gasteiger partial charge on any atom is -0.496 e. The highest BCUT2D eigenvalue weighted by molar-refractivity contribution is 5.95. The van der Waals surface area contributed by atoms with E-state index in [1.165, 1.54) is 7.11 Å². The number of hydrogen-bond donors (Lipinski definition) is 0. The van der Waals surface area contributed by atoms with Gasteiger partial charge in [0.25, 0.3) is 0 Å². The van der Waals surface area contributed by atoms with Gasteiger partial charge in [-0.2, -0.15) is 0 Å². The summed E-state index contributed by atoms with van der Waals surface area (Å²) in [6.45, 7) is 0. The van der Waals surface area contributed by atoms with Crippen LogP contribution in [-0.4, -0.2) is 30.2 Å². The van der Waals surface area contributed by atoms with Crippen LogP contribution >= 0.6 is 0 Å². The summed E-state index contributed by atoms with van der Waals surface area (Å²) in [5.41, 5.74) is 1.14. The van der Waals surface area contributed by atoms with E-state index in [0.29, 0.717) is 17.3 Å². The highest BCUT2D eigenvalue weighted by Crippen LogP contribution is 2.19. The van der Waals surface area contributed by atoms with Gasteiger partial charge >= 0.3 is 0 Å². The predicted molar refractivity (Wildman–Crippen MR) is 69.6 cm³/mol. The summed E-state index contributed by atoms with van der Waals surface area (Å²) < 4.78 is 10.1. The van der Waals surface area contributed by atoms with Crippen molar-refractivity contribution >= 4 is 5.78 Å². The lowest BCUT2D eigenvalue weighted by atomic mass is 10.1. The van der Waals surface area contributed by atoms with Crippen LogP contribution in [0.3, 0.4) is 0 Å². The molecule has 2 rings (SSSR count). The second-order valence-corrected chi connectivity index (χ2v) is 3.87. The minimum absolute atomic E-state index is 0.111. The number of Topliss-reactive ketones (excluding diaryl/α,β-unsaturated/α-hetero) is 1. The van der Waals surface area contributed by atoms with Gasteiger partial charge in [0, 0.05) is 18.1 Å². The van der Waals surface area contributed by atoms with Gasteiger partial charge in [0.15, 0.2) is 5.78 Å². The van der Waals surface area contributed by atoms with Crippen molar-refractivity contribution in [3.8, 4) is 11.6 Å². The first-order valence-electron chi connectivity index (χ1n) is 5.77. The Morgan fingerprint density at radius 2 is 1.84 bits per heavy atom. The number of benzene rings is 1. The molecule has 0 unspecified atom stereocenters. The van der Waals surface area contributed by atoms with E-state index in [0.717, 1.165) is 5.56 Å². The van der Waals surface area contributed by atoms with Crippen molar-refractivity contribution in [2.75, 3.05) is 14.2 Å². The summed E-state index contributed by atoms with van der Waals surface area (Å²) in [6, 6.07) is 10.6. The van der Waals surface area contributed by atoms with E-state index in [-0.39, 0.29) is 12.2 Å². The predicted octanol–water partition coefficient (Wildman–Crippen LogP) is 1.92. The van der Waals surface area contributed by atoms with Crippen LogP contribution in [0.2, 0.25) is 0 Å². The number of carbonyl (C=O) groups is 1. The first-order chi connectivity index (χ1) is 9.24. The summed E-state index contributed by atoms with van der Waals surface area (Å²) in [5, 5.41) is 7.61. The molecule has 0 aliphatic rings. The standard InChI is InChI=1S/C14H14N2O3/c1-18-13-6-4-3-5-10(13)9-12(17)11-7-8-14(19-2)16-15-11/h3-8H,9H2,1-2H3. The Bertz CT molecular complexity index is 567. The number of rotatable bonds is 5. The van der Waals surface area contributed by atoms with Gasteiger partial charge < -0.3 is 9.47 Å². The molecule has 5 heteroatoms. The summed E-state index contributed by atoms with van der Waals surface area (Å²) in [4.78, 5) is 12.1. The van der Waals surface area contributed by atoms with Crippen LogP contribution in [0, 0.1) is 0 Å². The third-order valence-corrected chi connectivity index (χ3v) is 2.68. The van der Waals surface area contributed by atoms with Crippen LogP contribution in [0.25, 0.3) is 0 Å². The monoisotopic (exact) mass is 258 g/mol. The number of ketones is 1. The molecular weight excluding hydrogens is 244 g/mol. The van der Waals surface area contributed by atoms with Crippen molar-refractivity contribution in [2.24, 2.45) is 0 Å². The number of nitrogens with zero attached hydrogens (tertiary/aromatic N) is 2. The number of para-hydroxylation sites is 1. The van der Waals surface area contributed by atoms with E-state index < -0.39 is 0 Å². The fourth-order valence-corrected chi connectivity index (χ4v) is 1.69. The van der Waals surface area contributed by atoms with E-state index in [1.54, 1.807) is 19.2 Å². The molecule has 0 bridgehead atoms. The average molecular weight is 258 g/mol. The molecule has 0 aliphatic heterocycles. The van der Waals surface area contributed by atoms with Crippen molar-refractivity contribution in [2.45, 2.75) is 6.42 Å². The van der Waals surface area contributed by atoms with Gasteiger partial charge in [0.05, 0.1) is 14.2 Å². The molecule has 19 heavy (non-hydrogen) atoms. The molecular formula is C14H14N2O3. The van der Waals surface area contributed by atoms with Gasteiger partial charge in [0.1, 0.15) is 11.4 Å². The van der Waals surface area contributed by atoms with Crippen molar-refractivity contribution in [1.29, 1.82) is 0 Å². The Morgan fingerprint density at radius 1 is 1.05 bits per heavy atom. The van der Waals surface area contributed by atoms with E-state index >= 15 is 0 Å². The Morgan fingerprint density at radius 3 is 2.47 bits per heavy atom. The first kappa shape index (κ1) is 13.0. The van der Waals surface area contributed by atoms with Crippen molar-refractivity contribution < 1.29 is 14.3 Å². The Balaban J connectivity index is 2.16. The van der Waals surface area contributed by atoms with Gasteiger partial charge in [-0.05, 0) is 12.1 Å². The summed E-state index contributed by atoms with van der Waals surface area (Å²) in [7, 11) is 3.08. The minimum atomic E-state index is -0.111. The maximum Gasteiger partial charge on any atom is 0.233 e. The molecule has 0 N–H and O–H groups in total. The zero-order valence-corrected chi connectivity index (χ0v) is 10.8. The zero-order chi connectivity index (χ0) is 13.7. The molecule has 0 fully saturated rings. The summed E-state index contributed by atoms with van der Waals surface area (Å²) >= 11 is 0. The Labute approximate surface area is 111 Å². The third-order valence-electron chi connectivity index (χ3n) is 2.68. The molecule has 1 heterocycles. The number of hydrogen-bond acceptors (Lipinski definition) is 5. The quantitative estimate of drug-likeness (QED) is 0.767. The molecule has 0 saturated heterocycles. The molecule has 0 aliphatic carbocycles. The van der Waals surface area contributed by atoms with Gasteiger partial charge in [0.2, 0.25) is 5.88 Å². The van der Waals surface area contributed by atoms with Crippen LogP contribution in [0.5, 0.6) is 11.6 Å². The van der Waals surface area contributed by atoms with Gasteiger partial charge in [-0.3, -0.25) is 4.79 Å². The Hall–Kier alpha value is -2.43. The normalized spacial score (nSPS) is 10.0. The second kappa shape index (κ2) is 5.95. The Kier molecular flexibility index (Phi) is 4.07. The lowest BCUT2D eigenvalue weighted by molar-refractivity contribution is 0.0986. The largest absolute Gasteiger partial charge is 0.496 e. The molecule has 0 radical (unpaired) electrons. The first-order valence-corrected chi connectivity index (χ1v) is 5.77. The van der Waals surface area contributed by atoms with Gasteiger partial charge in [-0.25, -0.2) is 0 Å². The second-order valence-electron chi connectivity index (χ2n) is 3.87. The van der Waals surface area contributed by atoms with Crippen molar-refractivity contribution in [1.82, 2.24) is 10.2 Å².